The highest BCUT2D eigenvalue weighted by molar-refractivity contribution is 7.98. The Kier molecular flexibility index (Phi) is 6.90. The van der Waals surface area contributed by atoms with Crippen LogP contribution in [0.2, 0.25) is 0 Å². The number of aliphatic carboxylic acids is 1. The van der Waals surface area contributed by atoms with Gasteiger partial charge >= 0.3 is 5.97 Å². The lowest BCUT2D eigenvalue weighted by atomic mass is 9.92. The molecule has 3 heterocycles. The molecule has 1 N–H and O–H groups in total. The molecule has 0 atom stereocenters. The summed E-state index contributed by atoms with van der Waals surface area (Å²) in [6.45, 7) is 2.14. The standard InChI is InChI=1S/C26H27N3O2S/c1-3-20-13-14-22-25(19-15-16-27-23(17-19)32-2)21(11-7-8-12-24(30)31)26(28-29(20)22)18-9-5-4-6-10-18/h4-6,9-10,13-17H,3,7-8,11-12H2,1-2H3,(H,30,31). The minimum Gasteiger partial charge on any atom is -0.481 e. The van der Waals surface area contributed by atoms with Crippen LogP contribution in [-0.4, -0.2) is 31.9 Å². The molecule has 0 aliphatic carbocycles. The van der Waals surface area contributed by atoms with Crippen molar-refractivity contribution in [1.29, 1.82) is 0 Å². The van der Waals surface area contributed by atoms with Crippen molar-refractivity contribution < 1.29 is 9.90 Å². The van der Waals surface area contributed by atoms with Crippen LogP contribution in [0, 0.1) is 0 Å². The molecule has 3 aromatic heterocycles. The number of rotatable bonds is 9. The molecule has 0 radical (unpaired) electrons. The van der Waals surface area contributed by atoms with Gasteiger partial charge in [-0.2, -0.15) is 5.10 Å². The summed E-state index contributed by atoms with van der Waals surface area (Å²) in [6.07, 6.45) is 7.16. The van der Waals surface area contributed by atoms with Crippen molar-refractivity contribution >= 4 is 23.2 Å². The van der Waals surface area contributed by atoms with Gasteiger partial charge in [0.05, 0.1) is 16.2 Å². The van der Waals surface area contributed by atoms with E-state index in [1.807, 2.05) is 30.7 Å². The van der Waals surface area contributed by atoms with Crippen molar-refractivity contribution in [3.05, 3.63) is 72.1 Å². The molecule has 0 fully saturated rings. The summed E-state index contributed by atoms with van der Waals surface area (Å²) < 4.78 is 2.07. The number of aromatic nitrogens is 3. The molecule has 0 saturated heterocycles. The Morgan fingerprint density at radius 3 is 2.59 bits per heavy atom. The predicted octanol–water partition coefficient (Wildman–Crippen LogP) is 6.15. The number of thioether (sulfide) groups is 1. The van der Waals surface area contributed by atoms with Crippen molar-refractivity contribution in [2.75, 3.05) is 6.26 Å². The van der Waals surface area contributed by atoms with Crippen LogP contribution in [0.15, 0.2) is 65.8 Å². The van der Waals surface area contributed by atoms with Crippen LogP contribution in [0.5, 0.6) is 0 Å². The first-order valence-electron chi connectivity index (χ1n) is 10.9. The minimum absolute atomic E-state index is 0.183. The van der Waals surface area contributed by atoms with Gasteiger partial charge in [-0.05, 0) is 67.3 Å². The summed E-state index contributed by atoms with van der Waals surface area (Å²) in [4.78, 5) is 15.5. The zero-order chi connectivity index (χ0) is 22.5. The zero-order valence-electron chi connectivity index (χ0n) is 18.4. The number of carboxylic acid groups (broad SMARTS) is 1. The fraction of sp³-hybridized carbons (Fsp3) is 0.269. The lowest BCUT2D eigenvalue weighted by Crippen LogP contribution is -2.07. The summed E-state index contributed by atoms with van der Waals surface area (Å²) in [6, 6.07) is 18.7. The number of aryl methyl sites for hydroxylation is 1. The van der Waals surface area contributed by atoms with Gasteiger partial charge in [0.2, 0.25) is 0 Å². The summed E-state index contributed by atoms with van der Waals surface area (Å²) in [7, 11) is 0. The number of benzene rings is 1. The fourth-order valence-corrected chi connectivity index (χ4v) is 4.54. The highest BCUT2D eigenvalue weighted by Crippen LogP contribution is 2.37. The summed E-state index contributed by atoms with van der Waals surface area (Å²) in [5.74, 6) is -0.750. The number of hydrogen-bond acceptors (Lipinski definition) is 4. The first-order chi connectivity index (χ1) is 15.6. The molecule has 164 valence electrons. The molecule has 5 nitrogen and oxygen atoms in total. The van der Waals surface area contributed by atoms with Gasteiger partial charge in [0.25, 0.3) is 0 Å². The quantitative estimate of drug-likeness (QED) is 0.247. The third kappa shape index (κ3) is 4.55. The third-order valence-electron chi connectivity index (χ3n) is 5.69. The second-order valence-electron chi connectivity index (χ2n) is 7.73. The van der Waals surface area contributed by atoms with E-state index in [-0.39, 0.29) is 6.42 Å². The van der Waals surface area contributed by atoms with E-state index in [0.717, 1.165) is 63.4 Å². The molecule has 0 unspecified atom stereocenters. The average molecular weight is 446 g/mol. The van der Waals surface area contributed by atoms with Gasteiger partial charge < -0.3 is 5.11 Å². The predicted molar refractivity (Wildman–Crippen MR) is 130 cm³/mol. The van der Waals surface area contributed by atoms with E-state index < -0.39 is 5.97 Å². The van der Waals surface area contributed by atoms with Crippen LogP contribution in [0.1, 0.15) is 37.4 Å². The van der Waals surface area contributed by atoms with Crippen LogP contribution < -0.4 is 0 Å². The van der Waals surface area contributed by atoms with Gasteiger partial charge in [0, 0.05) is 29.4 Å². The lowest BCUT2D eigenvalue weighted by molar-refractivity contribution is -0.137. The van der Waals surface area contributed by atoms with Gasteiger partial charge in [0.1, 0.15) is 0 Å². The summed E-state index contributed by atoms with van der Waals surface area (Å²) in [5, 5.41) is 15.1. The monoisotopic (exact) mass is 445 g/mol. The average Bonchev–Trinajstić information content (AvgIpc) is 3.24. The Bertz CT molecular complexity index is 1230. The van der Waals surface area contributed by atoms with Crippen molar-refractivity contribution in [2.45, 2.75) is 44.1 Å². The van der Waals surface area contributed by atoms with Crippen LogP contribution in [0.25, 0.3) is 27.9 Å². The molecule has 0 amide bonds. The first kappa shape index (κ1) is 22.1. The molecular formula is C26H27N3O2S. The van der Waals surface area contributed by atoms with E-state index in [0.29, 0.717) is 6.42 Å². The zero-order valence-corrected chi connectivity index (χ0v) is 19.2. The van der Waals surface area contributed by atoms with Crippen molar-refractivity contribution in [3.8, 4) is 22.4 Å². The number of hydrogen-bond donors (Lipinski definition) is 1. The van der Waals surface area contributed by atoms with Gasteiger partial charge in [-0.1, -0.05) is 37.3 Å². The molecule has 4 aromatic rings. The second-order valence-corrected chi connectivity index (χ2v) is 8.56. The molecule has 0 aliphatic heterocycles. The van der Waals surface area contributed by atoms with Crippen molar-refractivity contribution in [3.63, 3.8) is 0 Å². The summed E-state index contributed by atoms with van der Waals surface area (Å²) in [5.41, 5.74) is 7.70. The van der Waals surface area contributed by atoms with Gasteiger partial charge in [-0.25, -0.2) is 9.50 Å². The molecular weight excluding hydrogens is 418 g/mol. The van der Waals surface area contributed by atoms with Crippen molar-refractivity contribution in [2.24, 2.45) is 0 Å². The second kappa shape index (κ2) is 10.0. The van der Waals surface area contributed by atoms with Crippen LogP contribution in [-0.2, 0) is 17.6 Å². The molecule has 0 aliphatic rings. The Hall–Kier alpha value is -3.12. The highest BCUT2D eigenvalue weighted by Gasteiger charge is 2.20. The fourth-order valence-electron chi connectivity index (χ4n) is 4.13. The van der Waals surface area contributed by atoms with Crippen LogP contribution in [0.3, 0.4) is 0 Å². The van der Waals surface area contributed by atoms with E-state index in [1.54, 1.807) is 11.8 Å². The van der Waals surface area contributed by atoms with E-state index in [9.17, 15) is 4.79 Å². The molecule has 1 aromatic carbocycles. The Morgan fingerprint density at radius 2 is 1.88 bits per heavy atom. The van der Waals surface area contributed by atoms with Gasteiger partial charge in [-0.15, -0.1) is 11.8 Å². The minimum atomic E-state index is -0.750. The maximum Gasteiger partial charge on any atom is 0.303 e. The van der Waals surface area contributed by atoms with Gasteiger partial charge in [0.15, 0.2) is 0 Å². The number of unbranched alkanes of at least 4 members (excludes halogenated alkanes) is 1. The largest absolute Gasteiger partial charge is 0.481 e. The van der Waals surface area contributed by atoms with Crippen molar-refractivity contribution in [1.82, 2.24) is 14.6 Å². The van der Waals surface area contributed by atoms with E-state index in [1.165, 1.54) is 0 Å². The number of carbonyl (C=O) groups is 1. The Balaban J connectivity index is 1.97. The Labute approximate surface area is 192 Å². The Morgan fingerprint density at radius 1 is 1.06 bits per heavy atom. The molecule has 0 bridgehead atoms. The number of fused-ring (bicyclic) bond motifs is 1. The van der Waals surface area contributed by atoms with Gasteiger partial charge in [-0.3, -0.25) is 4.79 Å². The van der Waals surface area contributed by atoms with E-state index >= 15 is 0 Å². The highest BCUT2D eigenvalue weighted by atomic mass is 32.2. The normalized spacial score (nSPS) is 11.2. The van der Waals surface area contributed by atoms with Crippen LogP contribution >= 0.6 is 11.8 Å². The maximum absolute atomic E-state index is 11.0. The van der Waals surface area contributed by atoms with Crippen LogP contribution in [0.4, 0.5) is 0 Å². The first-order valence-corrected chi connectivity index (χ1v) is 12.2. The number of nitrogens with zero attached hydrogens (tertiary/aromatic N) is 3. The molecule has 32 heavy (non-hydrogen) atoms. The molecule has 4 rings (SSSR count). The molecule has 0 saturated carbocycles. The molecule has 6 heteroatoms. The number of pyridine rings is 1. The van der Waals surface area contributed by atoms with E-state index in [2.05, 4.69) is 52.8 Å². The SMILES string of the molecule is CCc1ccc2c(-c3ccnc(SC)c3)c(CCCCC(=O)O)c(-c3ccccc3)nn12. The van der Waals surface area contributed by atoms with E-state index in [4.69, 9.17) is 10.2 Å². The lowest BCUT2D eigenvalue weighted by Gasteiger charge is -2.18. The topological polar surface area (TPSA) is 67.5 Å². The molecule has 0 spiro atoms. The number of carboxylic acids is 1. The smallest absolute Gasteiger partial charge is 0.303 e. The summed E-state index contributed by atoms with van der Waals surface area (Å²) >= 11 is 1.63. The third-order valence-corrected chi connectivity index (χ3v) is 6.33. The maximum atomic E-state index is 11.0.